The molecule has 1 saturated heterocycles. The lowest BCUT2D eigenvalue weighted by Gasteiger charge is -2.20. The third-order valence-corrected chi connectivity index (χ3v) is 3.12. The van der Waals surface area contributed by atoms with Gasteiger partial charge >= 0.3 is 0 Å². The van der Waals surface area contributed by atoms with E-state index < -0.39 is 9.84 Å². The van der Waals surface area contributed by atoms with E-state index >= 15 is 0 Å². The van der Waals surface area contributed by atoms with Gasteiger partial charge in [0.1, 0.15) is 0 Å². The van der Waals surface area contributed by atoms with Crippen molar-refractivity contribution in [3.05, 3.63) is 0 Å². The van der Waals surface area contributed by atoms with E-state index in [9.17, 15) is 8.42 Å². The van der Waals surface area contributed by atoms with Gasteiger partial charge in [-0.1, -0.05) is 0 Å². The first kappa shape index (κ1) is 7.97. The molecule has 0 saturated carbocycles. The monoisotopic (exact) mass is 165 g/mol. The van der Waals surface area contributed by atoms with Crippen LogP contribution in [0.15, 0.2) is 0 Å². The summed E-state index contributed by atoms with van der Waals surface area (Å²) >= 11 is 0. The third kappa shape index (κ3) is 1.93. The van der Waals surface area contributed by atoms with Gasteiger partial charge in [-0.25, -0.2) is 8.42 Å². The average Bonchev–Trinajstić information content (AvgIpc) is 1.86. The summed E-state index contributed by atoms with van der Waals surface area (Å²) in [5.41, 5.74) is 5.23. The van der Waals surface area contributed by atoms with Gasteiger partial charge in [0.2, 0.25) is 0 Å². The van der Waals surface area contributed by atoms with Gasteiger partial charge in [0.15, 0.2) is 9.84 Å². The van der Waals surface area contributed by atoms with Gasteiger partial charge < -0.3 is 10.5 Å². The Morgan fingerprint density at radius 3 is 2.70 bits per heavy atom. The van der Waals surface area contributed by atoms with Crippen molar-refractivity contribution in [1.29, 1.82) is 0 Å². The predicted octanol–water partition coefficient (Wildman–Crippen LogP) is -1.24. The van der Waals surface area contributed by atoms with E-state index in [2.05, 4.69) is 0 Å². The number of rotatable bonds is 1. The fraction of sp³-hybridized carbons (Fsp3) is 1.00. The standard InChI is InChI=1S/C5H11NO3S/c6-3-5-4-10(7,8)2-1-9-5/h5H,1-4,6H2. The molecular weight excluding hydrogens is 154 g/mol. The molecule has 1 aliphatic heterocycles. The Kier molecular flexibility index (Phi) is 2.28. The second kappa shape index (κ2) is 2.86. The normalized spacial score (nSPS) is 31.9. The van der Waals surface area contributed by atoms with Crippen LogP contribution in [0.25, 0.3) is 0 Å². The van der Waals surface area contributed by atoms with Crippen LogP contribution < -0.4 is 5.73 Å². The van der Waals surface area contributed by atoms with E-state index in [1.54, 1.807) is 0 Å². The highest BCUT2D eigenvalue weighted by Crippen LogP contribution is 2.04. The highest BCUT2D eigenvalue weighted by atomic mass is 32.2. The fourth-order valence-electron chi connectivity index (χ4n) is 0.893. The summed E-state index contributed by atoms with van der Waals surface area (Å²) in [6.45, 7) is 0.587. The van der Waals surface area contributed by atoms with Crippen LogP contribution in [0.4, 0.5) is 0 Å². The zero-order valence-corrected chi connectivity index (χ0v) is 6.43. The van der Waals surface area contributed by atoms with E-state index in [-0.39, 0.29) is 17.6 Å². The molecule has 1 atom stereocenters. The Hall–Kier alpha value is -0.130. The molecule has 1 aliphatic rings. The maximum absolute atomic E-state index is 10.9. The maximum atomic E-state index is 10.9. The summed E-state index contributed by atoms with van der Waals surface area (Å²) in [5, 5.41) is 0. The molecule has 4 nitrogen and oxygen atoms in total. The fourth-order valence-corrected chi connectivity index (χ4v) is 2.21. The van der Waals surface area contributed by atoms with Crippen molar-refractivity contribution in [1.82, 2.24) is 0 Å². The van der Waals surface area contributed by atoms with Gasteiger partial charge in [-0.3, -0.25) is 0 Å². The van der Waals surface area contributed by atoms with Crippen LogP contribution in [0.3, 0.4) is 0 Å². The molecule has 0 aromatic heterocycles. The molecular formula is C5H11NO3S. The van der Waals surface area contributed by atoms with Crippen molar-refractivity contribution in [3.8, 4) is 0 Å². The molecule has 0 aromatic carbocycles. The predicted molar refractivity (Wildman–Crippen MR) is 37.4 cm³/mol. The van der Waals surface area contributed by atoms with E-state index in [0.717, 1.165) is 0 Å². The molecule has 5 heteroatoms. The Morgan fingerprint density at radius 1 is 1.60 bits per heavy atom. The van der Waals surface area contributed by atoms with Gasteiger partial charge in [-0.2, -0.15) is 0 Å². The molecule has 1 heterocycles. The Bertz CT molecular complexity index is 199. The molecule has 60 valence electrons. The Labute approximate surface area is 60.3 Å². The second-order valence-corrected chi connectivity index (χ2v) is 4.57. The number of hydrogen-bond donors (Lipinski definition) is 1. The molecule has 0 bridgehead atoms. The van der Waals surface area contributed by atoms with Crippen molar-refractivity contribution < 1.29 is 13.2 Å². The van der Waals surface area contributed by atoms with Crippen LogP contribution in [0.2, 0.25) is 0 Å². The molecule has 1 unspecified atom stereocenters. The summed E-state index contributed by atoms with van der Waals surface area (Å²) in [7, 11) is -2.85. The van der Waals surface area contributed by atoms with Gasteiger partial charge in [0, 0.05) is 6.54 Å². The van der Waals surface area contributed by atoms with E-state index in [0.29, 0.717) is 13.2 Å². The second-order valence-electron chi connectivity index (χ2n) is 2.34. The van der Waals surface area contributed by atoms with Crippen molar-refractivity contribution in [2.75, 3.05) is 24.7 Å². The van der Waals surface area contributed by atoms with Crippen LogP contribution in [0.1, 0.15) is 0 Å². The highest BCUT2D eigenvalue weighted by Gasteiger charge is 2.23. The lowest BCUT2D eigenvalue weighted by Crippen LogP contribution is -2.38. The topological polar surface area (TPSA) is 69.4 Å². The lowest BCUT2D eigenvalue weighted by molar-refractivity contribution is 0.0780. The zero-order chi connectivity index (χ0) is 7.61. The van der Waals surface area contributed by atoms with Crippen molar-refractivity contribution in [2.24, 2.45) is 5.73 Å². The minimum Gasteiger partial charge on any atom is -0.375 e. The Morgan fingerprint density at radius 2 is 2.30 bits per heavy atom. The average molecular weight is 165 g/mol. The summed E-state index contributed by atoms with van der Waals surface area (Å²) in [4.78, 5) is 0. The van der Waals surface area contributed by atoms with Crippen molar-refractivity contribution in [2.45, 2.75) is 6.10 Å². The summed E-state index contributed by atoms with van der Waals surface area (Å²) in [5.74, 6) is 0.229. The zero-order valence-electron chi connectivity index (χ0n) is 5.62. The number of ether oxygens (including phenoxy) is 1. The summed E-state index contributed by atoms with van der Waals surface area (Å²) in [6.07, 6.45) is -0.279. The molecule has 0 amide bonds. The molecule has 2 N–H and O–H groups in total. The number of nitrogens with two attached hydrogens (primary N) is 1. The summed E-state index contributed by atoms with van der Waals surface area (Å²) < 4.78 is 26.8. The van der Waals surface area contributed by atoms with E-state index in [4.69, 9.17) is 10.5 Å². The molecule has 0 radical (unpaired) electrons. The summed E-state index contributed by atoms with van der Waals surface area (Å²) in [6, 6.07) is 0. The molecule has 10 heavy (non-hydrogen) atoms. The third-order valence-electron chi connectivity index (χ3n) is 1.45. The van der Waals surface area contributed by atoms with Gasteiger partial charge in [0.05, 0.1) is 24.2 Å². The van der Waals surface area contributed by atoms with Gasteiger partial charge in [-0.05, 0) is 0 Å². The SMILES string of the molecule is NCC1CS(=O)(=O)CCO1. The van der Waals surface area contributed by atoms with Gasteiger partial charge in [0.25, 0.3) is 0 Å². The highest BCUT2D eigenvalue weighted by molar-refractivity contribution is 7.91. The van der Waals surface area contributed by atoms with Crippen LogP contribution in [-0.4, -0.2) is 39.2 Å². The first-order valence-electron chi connectivity index (χ1n) is 3.16. The van der Waals surface area contributed by atoms with Crippen LogP contribution in [0.5, 0.6) is 0 Å². The van der Waals surface area contributed by atoms with E-state index in [1.165, 1.54) is 0 Å². The van der Waals surface area contributed by atoms with Crippen LogP contribution in [-0.2, 0) is 14.6 Å². The van der Waals surface area contributed by atoms with Crippen LogP contribution in [0, 0.1) is 0 Å². The van der Waals surface area contributed by atoms with Crippen molar-refractivity contribution in [3.63, 3.8) is 0 Å². The quantitative estimate of drug-likeness (QED) is 0.527. The van der Waals surface area contributed by atoms with Crippen LogP contribution >= 0.6 is 0 Å². The first-order valence-corrected chi connectivity index (χ1v) is 4.98. The molecule has 0 aromatic rings. The molecule has 1 rings (SSSR count). The Balaban J connectivity index is 2.56. The lowest BCUT2D eigenvalue weighted by atomic mass is 10.4. The molecule has 1 fully saturated rings. The van der Waals surface area contributed by atoms with Gasteiger partial charge in [-0.15, -0.1) is 0 Å². The van der Waals surface area contributed by atoms with Crippen molar-refractivity contribution >= 4 is 9.84 Å². The molecule has 0 spiro atoms. The number of sulfone groups is 1. The number of hydrogen-bond acceptors (Lipinski definition) is 4. The maximum Gasteiger partial charge on any atom is 0.155 e. The smallest absolute Gasteiger partial charge is 0.155 e. The minimum absolute atomic E-state index is 0.0868. The van der Waals surface area contributed by atoms with E-state index in [1.807, 2.05) is 0 Å². The largest absolute Gasteiger partial charge is 0.375 e. The first-order chi connectivity index (χ1) is 4.64. The minimum atomic E-state index is -2.85. The molecule has 0 aliphatic carbocycles.